The Hall–Kier alpha value is -2.64. The predicted octanol–water partition coefficient (Wildman–Crippen LogP) is 0.379. The summed E-state index contributed by atoms with van der Waals surface area (Å²) in [5, 5.41) is 18.4. The zero-order valence-electron chi connectivity index (χ0n) is 12.2. The third-order valence-corrected chi connectivity index (χ3v) is 3.69. The minimum Gasteiger partial charge on any atom is -0.480 e. The van der Waals surface area contributed by atoms with E-state index >= 15 is 0 Å². The van der Waals surface area contributed by atoms with E-state index in [1.165, 1.54) is 24.1 Å². The van der Waals surface area contributed by atoms with Gasteiger partial charge in [0.1, 0.15) is 12.0 Å². The fraction of sp³-hybridized carbons (Fsp3) is 0.429. The van der Waals surface area contributed by atoms with E-state index in [2.05, 4.69) is 15.7 Å². The van der Waals surface area contributed by atoms with E-state index in [1.54, 1.807) is 6.08 Å². The molecule has 1 aliphatic rings. The molecule has 0 bridgehead atoms. The van der Waals surface area contributed by atoms with Crippen LogP contribution in [-0.2, 0) is 20.9 Å². The van der Waals surface area contributed by atoms with Gasteiger partial charge in [-0.15, -0.1) is 0 Å². The number of rotatable bonds is 5. The van der Waals surface area contributed by atoms with E-state index in [4.69, 9.17) is 0 Å². The Labute approximate surface area is 127 Å². The minimum atomic E-state index is -1.45. The molecule has 8 nitrogen and oxygen atoms in total. The zero-order chi connectivity index (χ0) is 16.2. The summed E-state index contributed by atoms with van der Waals surface area (Å²) in [6, 6.07) is 0. The summed E-state index contributed by atoms with van der Waals surface area (Å²) in [7, 11) is 1.52. The van der Waals surface area contributed by atoms with Crippen molar-refractivity contribution < 1.29 is 19.5 Å². The number of carbonyl (C=O) groups excluding carboxylic acids is 2. The molecule has 2 rings (SSSR count). The number of anilines is 1. The molecule has 0 radical (unpaired) electrons. The maximum Gasteiger partial charge on any atom is 0.319 e. The van der Waals surface area contributed by atoms with Crippen LogP contribution >= 0.6 is 0 Å². The van der Waals surface area contributed by atoms with Gasteiger partial charge in [-0.1, -0.05) is 12.2 Å². The Morgan fingerprint density at radius 1 is 1.41 bits per heavy atom. The van der Waals surface area contributed by atoms with Gasteiger partial charge in [0.05, 0.1) is 11.9 Å². The smallest absolute Gasteiger partial charge is 0.319 e. The van der Waals surface area contributed by atoms with E-state index < -0.39 is 17.3 Å². The van der Waals surface area contributed by atoms with Crippen molar-refractivity contribution in [1.29, 1.82) is 0 Å². The fourth-order valence-corrected chi connectivity index (χ4v) is 2.32. The van der Waals surface area contributed by atoms with Crippen LogP contribution in [0, 0.1) is 5.41 Å². The third kappa shape index (κ3) is 3.16. The minimum absolute atomic E-state index is 0.0270. The maximum absolute atomic E-state index is 12.4. The van der Waals surface area contributed by atoms with Crippen LogP contribution < -0.4 is 10.6 Å². The van der Waals surface area contributed by atoms with Crippen molar-refractivity contribution in [3.8, 4) is 0 Å². The molecule has 22 heavy (non-hydrogen) atoms. The van der Waals surface area contributed by atoms with Crippen molar-refractivity contribution in [3.05, 3.63) is 24.5 Å². The summed E-state index contributed by atoms with van der Waals surface area (Å²) in [5.74, 6) is -1.92. The van der Waals surface area contributed by atoms with Crippen LogP contribution in [0.4, 0.5) is 5.69 Å². The molecule has 1 heterocycles. The van der Waals surface area contributed by atoms with E-state index in [1.807, 2.05) is 6.08 Å². The molecule has 0 spiro atoms. The highest BCUT2D eigenvalue weighted by atomic mass is 16.4. The normalized spacial score (nSPS) is 20.4. The SMILES string of the molecule is CNC(=O)Cn1cc(NC(=O)C2(C(=O)O)CC=CCC2)cn1. The number of nitrogens with one attached hydrogen (secondary N) is 2. The van der Waals surface area contributed by atoms with Gasteiger partial charge < -0.3 is 15.7 Å². The number of carbonyl (C=O) groups is 3. The second-order valence-corrected chi connectivity index (χ2v) is 5.16. The molecule has 3 N–H and O–H groups in total. The molecule has 0 saturated carbocycles. The Kier molecular flexibility index (Phi) is 4.59. The van der Waals surface area contributed by atoms with Gasteiger partial charge >= 0.3 is 5.97 Å². The van der Waals surface area contributed by atoms with Crippen LogP contribution in [0.25, 0.3) is 0 Å². The number of nitrogens with zero attached hydrogens (tertiary/aromatic N) is 2. The lowest BCUT2D eigenvalue weighted by Gasteiger charge is -2.28. The number of carboxylic acid groups (broad SMARTS) is 1. The van der Waals surface area contributed by atoms with E-state index in [-0.39, 0.29) is 25.3 Å². The lowest BCUT2D eigenvalue weighted by atomic mass is 9.76. The van der Waals surface area contributed by atoms with Gasteiger partial charge in [0, 0.05) is 13.2 Å². The maximum atomic E-state index is 12.4. The molecule has 0 aliphatic heterocycles. The van der Waals surface area contributed by atoms with Crippen LogP contribution in [0.5, 0.6) is 0 Å². The highest BCUT2D eigenvalue weighted by molar-refractivity contribution is 6.08. The van der Waals surface area contributed by atoms with E-state index in [9.17, 15) is 19.5 Å². The predicted molar refractivity (Wildman–Crippen MR) is 78.0 cm³/mol. The Balaban J connectivity index is 2.09. The number of carboxylic acids is 1. The molecule has 1 aromatic heterocycles. The molecule has 1 aromatic rings. The lowest BCUT2D eigenvalue weighted by Crippen LogP contribution is -2.43. The molecule has 8 heteroatoms. The van der Waals surface area contributed by atoms with Crippen LogP contribution in [0.15, 0.2) is 24.5 Å². The first-order chi connectivity index (χ1) is 10.5. The van der Waals surface area contributed by atoms with E-state index in [0.717, 1.165) is 0 Å². The third-order valence-electron chi connectivity index (χ3n) is 3.69. The average Bonchev–Trinajstić information content (AvgIpc) is 2.94. The van der Waals surface area contributed by atoms with Crippen molar-refractivity contribution in [3.63, 3.8) is 0 Å². The summed E-state index contributed by atoms with van der Waals surface area (Å²) in [6.45, 7) is 0.0270. The van der Waals surface area contributed by atoms with Crippen molar-refractivity contribution in [2.75, 3.05) is 12.4 Å². The summed E-state index contributed by atoms with van der Waals surface area (Å²) < 4.78 is 1.36. The summed E-state index contributed by atoms with van der Waals surface area (Å²) >= 11 is 0. The second kappa shape index (κ2) is 6.42. The Bertz CT molecular complexity index is 622. The highest BCUT2D eigenvalue weighted by Gasteiger charge is 2.45. The number of aliphatic carboxylic acids is 1. The highest BCUT2D eigenvalue weighted by Crippen LogP contribution is 2.34. The first-order valence-corrected chi connectivity index (χ1v) is 6.91. The number of hydrogen-bond acceptors (Lipinski definition) is 4. The standard InChI is InChI=1S/C14H18N4O4/c1-15-11(19)9-18-8-10(7-16-18)17-12(20)14(13(21)22)5-3-2-4-6-14/h2-3,7-8H,4-6,9H2,1H3,(H,15,19)(H,17,20)(H,21,22). The van der Waals surface area contributed by atoms with Gasteiger partial charge in [-0.2, -0.15) is 5.10 Å². The van der Waals surface area contributed by atoms with Crippen molar-refractivity contribution >= 4 is 23.5 Å². The van der Waals surface area contributed by atoms with Crippen LogP contribution in [-0.4, -0.2) is 39.7 Å². The summed E-state index contributed by atoms with van der Waals surface area (Å²) in [4.78, 5) is 35.2. The van der Waals surface area contributed by atoms with Crippen LogP contribution in [0.2, 0.25) is 0 Å². The largest absolute Gasteiger partial charge is 0.480 e. The monoisotopic (exact) mass is 306 g/mol. The first kappa shape index (κ1) is 15.7. The second-order valence-electron chi connectivity index (χ2n) is 5.16. The van der Waals surface area contributed by atoms with Crippen molar-refractivity contribution in [2.24, 2.45) is 5.41 Å². The average molecular weight is 306 g/mol. The number of allylic oxidation sites excluding steroid dienone is 2. The number of amides is 2. The van der Waals surface area contributed by atoms with Crippen molar-refractivity contribution in [1.82, 2.24) is 15.1 Å². The molecule has 118 valence electrons. The number of likely N-dealkylation sites (N-methyl/N-ethyl adjacent to an activating group) is 1. The number of aromatic nitrogens is 2. The first-order valence-electron chi connectivity index (χ1n) is 6.91. The molecule has 2 amide bonds. The molecule has 0 saturated heterocycles. The quantitative estimate of drug-likeness (QED) is 0.537. The van der Waals surface area contributed by atoms with Gasteiger partial charge in [0.2, 0.25) is 11.8 Å². The molecular formula is C14H18N4O4. The molecule has 1 atom stereocenters. The van der Waals surface area contributed by atoms with Crippen LogP contribution in [0.3, 0.4) is 0 Å². The number of hydrogen-bond donors (Lipinski definition) is 3. The topological polar surface area (TPSA) is 113 Å². The molecule has 1 unspecified atom stereocenters. The van der Waals surface area contributed by atoms with Gasteiger partial charge in [0.25, 0.3) is 0 Å². The molecule has 0 fully saturated rings. The van der Waals surface area contributed by atoms with Gasteiger partial charge in [-0.25, -0.2) is 0 Å². The van der Waals surface area contributed by atoms with Crippen LogP contribution in [0.1, 0.15) is 19.3 Å². The van der Waals surface area contributed by atoms with Crippen molar-refractivity contribution in [2.45, 2.75) is 25.8 Å². The summed E-state index contributed by atoms with van der Waals surface area (Å²) in [6.07, 6.45) is 7.44. The Morgan fingerprint density at radius 3 is 2.77 bits per heavy atom. The van der Waals surface area contributed by atoms with Gasteiger partial charge in [-0.05, 0) is 19.3 Å². The fourth-order valence-electron chi connectivity index (χ4n) is 2.32. The van der Waals surface area contributed by atoms with Gasteiger partial charge in [-0.3, -0.25) is 19.1 Å². The summed E-state index contributed by atoms with van der Waals surface area (Å²) in [5.41, 5.74) is -1.08. The molecule has 0 aromatic carbocycles. The van der Waals surface area contributed by atoms with Gasteiger partial charge in [0.15, 0.2) is 0 Å². The van der Waals surface area contributed by atoms with E-state index in [0.29, 0.717) is 12.1 Å². The molecular weight excluding hydrogens is 288 g/mol. The Morgan fingerprint density at radius 2 is 2.18 bits per heavy atom. The zero-order valence-corrected chi connectivity index (χ0v) is 12.2. The lowest BCUT2D eigenvalue weighted by molar-refractivity contribution is -0.154. The molecule has 1 aliphatic carbocycles.